The molecule has 0 radical (unpaired) electrons. The lowest BCUT2D eigenvalue weighted by Crippen LogP contribution is -2.35. The van der Waals surface area contributed by atoms with Gasteiger partial charge in [-0.05, 0) is 47.7 Å². The van der Waals surface area contributed by atoms with Gasteiger partial charge in [0.15, 0.2) is 5.65 Å². The molecule has 39 heavy (non-hydrogen) atoms. The van der Waals surface area contributed by atoms with Gasteiger partial charge in [-0.25, -0.2) is 14.8 Å². The standard InChI is InChI=1S/C32H38N4O3/c1-5-7-13-28-33-27-18-19-29(35(20-8-6-2)31(37)22(3)4)34-30(27)36(28)21-23-14-16-24(17-15-23)25-11-9-10-12-26(25)32(38)39/h9-12,14-19,22H,5-8,13,20-21H2,1-4H3,(H,38,39). The molecule has 0 aliphatic carbocycles. The molecule has 0 saturated heterocycles. The lowest BCUT2D eigenvalue weighted by molar-refractivity contribution is -0.121. The number of carbonyl (C=O) groups excluding carboxylic acids is 1. The van der Waals surface area contributed by atoms with Crippen molar-refractivity contribution >= 4 is 28.9 Å². The molecule has 0 saturated carbocycles. The van der Waals surface area contributed by atoms with E-state index in [9.17, 15) is 14.7 Å². The number of carbonyl (C=O) groups is 2. The average molecular weight is 527 g/mol. The molecule has 7 nitrogen and oxygen atoms in total. The fourth-order valence-electron chi connectivity index (χ4n) is 4.74. The normalized spacial score (nSPS) is 11.3. The maximum absolute atomic E-state index is 13.0. The van der Waals surface area contributed by atoms with Crippen molar-refractivity contribution in [1.29, 1.82) is 0 Å². The minimum atomic E-state index is -0.939. The number of nitrogens with zero attached hydrogens (tertiary/aromatic N) is 4. The summed E-state index contributed by atoms with van der Waals surface area (Å²) in [6, 6.07) is 18.9. The Morgan fingerprint density at radius 3 is 2.31 bits per heavy atom. The number of aromatic nitrogens is 3. The monoisotopic (exact) mass is 526 g/mol. The van der Waals surface area contributed by atoms with Crippen molar-refractivity contribution in [3.05, 3.63) is 77.6 Å². The van der Waals surface area contributed by atoms with Gasteiger partial charge in [0.1, 0.15) is 17.2 Å². The quantitative estimate of drug-likeness (QED) is 0.215. The number of benzene rings is 2. The minimum Gasteiger partial charge on any atom is -0.478 e. The summed E-state index contributed by atoms with van der Waals surface area (Å²) in [6.45, 7) is 9.36. The minimum absolute atomic E-state index is 0.0739. The fraction of sp³-hybridized carbons (Fsp3) is 0.375. The largest absolute Gasteiger partial charge is 0.478 e. The molecule has 2 aromatic heterocycles. The van der Waals surface area contributed by atoms with Crippen LogP contribution < -0.4 is 4.90 Å². The van der Waals surface area contributed by atoms with Crippen LogP contribution in [0.25, 0.3) is 22.3 Å². The molecule has 2 aromatic carbocycles. The second-order valence-corrected chi connectivity index (χ2v) is 10.3. The number of imidazole rings is 1. The first-order chi connectivity index (χ1) is 18.8. The van der Waals surface area contributed by atoms with Gasteiger partial charge < -0.3 is 9.67 Å². The number of hydrogen-bond acceptors (Lipinski definition) is 4. The van der Waals surface area contributed by atoms with Crippen molar-refractivity contribution in [3.8, 4) is 11.1 Å². The van der Waals surface area contributed by atoms with E-state index in [0.717, 1.165) is 60.2 Å². The Kier molecular flexibility index (Phi) is 9.12. The number of fused-ring (bicyclic) bond motifs is 1. The van der Waals surface area contributed by atoms with E-state index in [-0.39, 0.29) is 17.4 Å². The van der Waals surface area contributed by atoms with E-state index in [1.54, 1.807) is 12.1 Å². The molecule has 0 spiro atoms. The first-order valence-corrected chi connectivity index (χ1v) is 13.9. The van der Waals surface area contributed by atoms with Gasteiger partial charge in [-0.3, -0.25) is 9.69 Å². The van der Waals surface area contributed by atoms with Crippen LogP contribution in [0.4, 0.5) is 5.82 Å². The maximum Gasteiger partial charge on any atom is 0.336 e. The van der Waals surface area contributed by atoms with E-state index >= 15 is 0 Å². The number of rotatable bonds is 12. The van der Waals surface area contributed by atoms with E-state index < -0.39 is 5.97 Å². The van der Waals surface area contributed by atoms with Crippen molar-refractivity contribution in [1.82, 2.24) is 14.5 Å². The number of carboxylic acid groups (broad SMARTS) is 1. The van der Waals surface area contributed by atoms with Gasteiger partial charge in [0.05, 0.1) is 12.1 Å². The van der Waals surface area contributed by atoms with Crippen molar-refractivity contribution in [3.63, 3.8) is 0 Å². The number of pyridine rings is 1. The highest BCUT2D eigenvalue weighted by molar-refractivity contribution is 5.96. The Bertz CT molecular complexity index is 1440. The second kappa shape index (κ2) is 12.7. The SMILES string of the molecule is CCCCc1nc2ccc(N(CCCC)C(=O)C(C)C)nc2n1Cc1ccc(-c2ccccc2C(=O)O)cc1. The summed E-state index contributed by atoms with van der Waals surface area (Å²) in [6.07, 6.45) is 4.84. The average Bonchev–Trinajstić information content (AvgIpc) is 3.28. The Balaban J connectivity index is 1.72. The van der Waals surface area contributed by atoms with Gasteiger partial charge in [-0.15, -0.1) is 0 Å². The number of hydrogen-bond donors (Lipinski definition) is 1. The molecule has 0 fully saturated rings. The summed E-state index contributed by atoms with van der Waals surface area (Å²) in [7, 11) is 0. The third kappa shape index (κ3) is 6.36. The van der Waals surface area contributed by atoms with Gasteiger partial charge >= 0.3 is 5.97 Å². The van der Waals surface area contributed by atoms with Crippen LogP contribution in [0.1, 0.15) is 75.1 Å². The topological polar surface area (TPSA) is 88.3 Å². The fourth-order valence-corrected chi connectivity index (χ4v) is 4.74. The van der Waals surface area contributed by atoms with Crippen LogP contribution in [0.15, 0.2) is 60.7 Å². The summed E-state index contributed by atoms with van der Waals surface area (Å²) in [5, 5.41) is 9.59. The number of aromatic carboxylic acids is 1. The van der Waals surface area contributed by atoms with Gasteiger partial charge in [-0.2, -0.15) is 0 Å². The first kappa shape index (κ1) is 28.0. The van der Waals surface area contributed by atoms with Crippen LogP contribution >= 0.6 is 0 Å². The number of amides is 1. The smallest absolute Gasteiger partial charge is 0.336 e. The van der Waals surface area contributed by atoms with Crippen molar-refractivity contribution in [2.24, 2.45) is 5.92 Å². The molecule has 1 N–H and O–H groups in total. The zero-order valence-electron chi connectivity index (χ0n) is 23.4. The van der Waals surface area contributed by atoms with Crippen LogP contribution in [0.3, 0.4) is 0 Å². The molecule has 7 heteroatoms. The number of aryl methyl sites for hydroxylation is 1. The van der Waals surface area contributed by atoms with E-state index in [4.69, 9.17) is 9.97 Å². The second-order valence-electron chi connectivity index (χ2n) is 10.3. The molecule has 0 aliphatic heterocycles. The van der Waals surface area contributed by atoms with Crippen LogP contribution in [0, 0.1) is 5.92 Å². The van der Waals surface area contributed by atoms with Crippen LogP contribution in [-0.4, -0.2) is 38.1 Å². The van der Waals surface area contributed by atoms with Gasteiger partial charge in [0.25, 0.3) is 0 Å². The van der Waals surface area contributed by atoms with E-state index in [0.29, 0.717) is 24.5 Å². The summed E-state index contributed by atoms with van der Waals surface area (Å²) in [5.41, 5.74) is 4.50. The third-order valence-electron chi connectivity index (χ3n) is 6.95. The predicted molar refractivity (Wildman–Crippen MR) is 156 cm³/mol. The molecule has 0 aliphatic rings. The molecule has 2 heterocycles. The highest BCUT2D eigenvalue weighted by Gasteiger charge is 2.22. The van der Waals surface area contributed by atoms with Gasteiger partial charge in [0.2, 0.25) is 5.91 Å². The Hall–Kier alpha value is -4.00. The highest BCUT2D eigenvalue weighted by Crippen LogP contribution is 2.26. The van der Waals surface area contributed by atoms with Crippen LogP contribution in [0.2, 0.25) is 0 Å². The van der Waals surface area contributed by atoms with Gasteiger partial charge in [0, 0.05) is 18.9 Å². The zero-order chi connectivity index (χ0) is 27.9. The van der Waals surface area contributed by atoms with Crippen LogP contribution in [0.5, 0.6) is 0 Å². The Morgan fingerprint density at radius 2 is 1.64 bits per heavy atom. The van der Waals surface area contributed by atoms with E-state index in [2.05, 4.69) is 18.4 Å². The molecule has 0 bridgehead atoms. The highest BCUT2D eigenvalue weighted by atomic mass is 16.4. The molecular formula is C32H38N4O3. The van der Waals surface area contributed by atoms with Crippen LogP contribution in [-0.2, 0) is 17.8 Å². The molecular weight excluding hydrogens is 488 g/mol. The summed E-state index contributed by atoms with van der Waals surface area (Å²) in [5.74, 6) is 0.662. The van der Waals surface area contributed by atoms with Crippen molar-refractivity contribution < 1.29 is 14.7 Å². The molecule has 1 amide bonds. The number of unbranched alkanes of at least 4 members (excludes halogenated alkanes) is 2. The summed E-state index contributed by atoms with van der Waals surface area (Å²) in [4.78, 5) is 36.5. The van der Waals surface area contributed by atoms with Crippen molar-refractivity contribution in [2.45, 2.75) is 66.3 Å². The van der Waals surface area contributed by atoms with Crippen molar-refractivity contribution in [2.75, 3.05) is 11.4 Å². The molecule has 204 valence electrons. The maximum atomic E-state index is 13.0. The summed E-state index contributed by atoms with van der Waals surface area (Å²) >= 11 is 0. The molecule has 4 rings (SSSR count). The zero-order valence-corrected chi connectivity index (χ0v) is 23.4. The first-order valence-electron chi connectivity index (χ1n) is 13.9. The molecule has 0 unspecified atom stereocenters. The Labute approximate surface area is 230 Å². The van der Waals surface area contributed by atoms with Gasteiger partial charge in [-0.1, -0.05) is 83.0 Å². The number of anilines is 1. The predicted octanol–water partition coefficient (Wildman–Crippen LogP) is 6.98. The molecule has 0 atom stereocenters. The summed E-state index contributed by atoms with van der Waals surface area (Å²) < 4.78 is 2.16. The molecule has 4 aromatic rings. The number of carboxylic acids is 1. The lowest BCUT2D eigenvalue weighted by atomic mass is 9.99. The Morgan fingerprint density at radius 1 is 0.923 bits per heavy atom. The van der Waals surface area contributed by atoms with E-state index in [1.165, 1.54) is 0 Å². The van der Waals surface area contributed by atoms with E-state index in [1.807, 2.05) is 67.3 Å². The lowest BCUT2D eigenvalue weighted by Gasteiger charge is -2.23. The third-order valence-corrected chi connectivity index (χ3v) is 6.95.